The molecule has 10 heteroatoms. The highest BCUT2D eigenvalue weighted by atomic mass is 16.5. The summed E-state index contributed by atoms with van der Waals surface area (Å²) in [6.45, 7) is 2.38. The number of hydrogen-bond acceptors (Lipinski definition) is 7. The van der Waals surface area contributed by atoms with Gasteiger partial charge in [-0.05, 0) is 43.3 Å². The Hall–Kier alpha value is -4.18. The van der Waals surface area contributed by atoms with Gasteiger partial charge in [-0.2, -0.15) is 0 Å². The second-order valence-corrected chi connectivity index (χ2v) is 8.29. The smallest absolute Gasteiger partial charge is 0.409 e. The lowest BCUT2D eigenvalue weighted by molar-refractivity contribution is -0.133. The summed E-state index contributed by atoms with van der Waals surface area (Å²) < 4.78 is 10.6. The third kappa shape index (κ3) is 5.33. The third-order valence-electron chi connectivity index (χ3n) is 5.96. The maximum absolute atomic E-state index is 12.8. The second-order valence-electron chi connectivity index (χ2n) is 8.29. The lowest BCUT2D eigenvalue weighted by Gasteiger charge is -2.18. The first-order valence-corrected chi connectivity index (χ1v) is 11.1. The summed E-state index contributed by atoms with van der Waals surface area (Å²) in [7, 11) is 1.23. The Labute approximate surface area is 201 Å². The van der Waals surface area contributed by atoms with Crippen LogP contribution in [0.4, 0.5) is 4.79 Å². The Morgan fingerprint density at radius 3 is 2.57 bits per heavy atom. The van der Waals surface area contributed by atoms with Crippen LogP contribution in [0.15, 0.2) is 54.6 Å². The Kier molecular flexibility index (Phi) is 7.11. The molecule has 4 rings (SSSR count). The number of fused-ring (bicyclic) bond motifs is 1. The molecule has 1 fully saturated rings. The van der Waals surface area contributed by atoms with Crippen LogP contribution < -0.4 is 15.5 Å². The number of aromatic nitrogens is 1. The quantitative estimate of drug-likeness (QED) is 0.366. The highest BCUT2D eigenvalue weighted by molar-refractivity contribution is 5.95. The van der Waals surface area contributed by atoms with E-state index in [9.17, 15) is 14.4 Å². The fraction of sp³-hybridized carbons (Fsp3) is 0.280. The van der Waals surface area contributed by atoms with Crippen molar-refractivity contribution in [1.29, 1.82) is 0 Å². The van der Waals surface area contributed by atoms with Gasteiger partial charge in [0.25, 0.3) is 5.91 Å². The van der Waals surface area contributed by atoms with Crippen LogP contribution in [0.3, 0.4) is 0 Å². The van der Waals surface area contributed by atoms with Gasteiger partial charge in [0.15, 0.2) is 0 Å². The van der Waals surface area contributed by atoms with Crippen molar-refractivity contribution in [2.45, 2.75) is 19.6 Å². The fourth-order valence-corrected chi connectivity index (χ4v) is 4.21. The molecule has 0 saturated carbocycles. The molecule has 0 radical (unpaired) electrons. The highest BCUT2D eigenvalue weighted by Gasteiger charge is 2.41. The number of methoxy groups -OCH3 is 1. The number of hydrogen-bond donors (Lipinski definition) is 3. The molecule has 3 amide bonds. The van der Waals surface area contributed by atoms with Crippen molar-refractivity contribution in [1.82, 2.24) is 20.7 Å². The first kappa shape index (κ1) is 24.0. The van der Waals surface area contributed by atoms with Crippen molar-refractivity contribution in [3.8, 4) is 5.75 Å². The van der Waals surface area contributed by atoms with E-state index < -0.39 is 29.9 Å². The van der Waals surface area contributed by atoms with Crippen LogP contribution in [0.5, 0.6) is 5.75 Å². The van der Waals surface area contributed by atoms with Crippen molar-refractivity contribution >= 4 is 28.8 Å². The molecule has 1 saturated heterocycles. The Bertz CT molecular complexity index is 1250. The summed E-state index contributed by atoms with van der Waals surface area (Å²) in [5.74, 6) is -1.33. The Morgan fingerprint density at radius 2 is 1.86 bits per heavy atom. The molecule has 3 N–H and O–H groups in total. The fourth-order valence-electron chi connectivity index (χ4n) is 4.21. The van der Waals surface area contributed by atoms with Gasteiger partial charge in [0.05, 0.1) is 24.6 Å². The summed E-state index contributed by atoms with van der Waals surface area (Å²) in [5.41, 5.74) is 4.77. The van der Waals surface area contributed by atoms with Crippen molar-refractivity contribution in [2.24, 2.45) is 5.92 Å². The van der Waals surface area contributed by atoms with E-state index in [1.807, 2.05) is 37.3 Å². The molecule has 35 heavy (non-hydrogen) atoms. The van der Waals surface area contributed by atoms with Gasteiger partial charge in [-0.15, -0.1) is 0 Å². The van der Waals surface area contributed by atoms with Crippen molar-refractivity contribution in [2.75, 3.05) is 20.2 Å². The zero-order chi connectivity index (χ0) is 24.9. The number of pyridine rings is 1. The van der Waals surface area contributed by atoms with Crippen LogP contribution in [0.25, 0.3) is 10.9 Å². The topological polar surface area (TPSA) is 130 Å². The zero-order valence-corrected chi connectivity index (χ0v) is 19.4. The average Bonchev–Trinajstić information content (AvgIpc) is 3.30. The summed E-state index contributed by atoms with van der Waals surface area (Å²) in [5, 5.41) is 12.8. The van der Waals surface area contributed by atoms with Crippen LogP contribution in [-0.2, 0) is 16.1 Å². The first-order chi connectivity index (χ1) is 16.9. The number of para-hydroxylation sites is 1. The number of nitrogens with one attached hydrogen (secondary N) is 2. The number of aryl methyl sites for hydroxylation is 1. The molecule has 0 aliphatic carbocycles. The van der Waals surface area contributed by atoms with Crippen molar-refractivity contribution in [3.05, 3.63) is 71.4 Å². The lowest BCUT2D eigenvalue weighted by atomic mass is 10.0. The summed E-state index contributed by atoms with van der Waals surface area (Å²) in [4.78, 5) is 42.5. The number of ether oxygens (including phenoxy) is 2. The maximum atomic E-state index is 12.8. The van der Waals surface area contributed by atoms with Gasteiger partial charge in [0, 0.05) is 35.3 Å². The molecule has 0 spiro atoms. The SMILES string of the molecule is COC(=O)N1C[C@H](C(=O)NO)[C@H](NC(=O)c2ccc(OCc3cc(C)nc4ccccc34)cc2)C1. The predicted molar refractivity (Wildman–Crippen MR) is 126 cm³/mol. The number of amides is 3. The van der Waals surface area contributed by atoms with Gasteiger partial charge in [0.1, 0.15) is 12.4 Å². The molecule has 2 heterocycles. The normalized spacial score (nSPS) is 17.2. The van der Waals surface area contributed by atoms with E-state index >= 15 is 0 Å². The minimum atomic E-state index is -0.815. The summed E-state index contributed by atoms with van der Waals surface area (Å²) in [6, 6.07) is 15.8. The molecule has 1 aliphatic heterocycles. The molecule has 3 aromatic rings. The monoisotopic (exact) mass is 478 g/mol. The van der Waals surface area contributed by atoms with Gasteiger partial charge in [0.2, 0.25) is 5.91 Å². The largest absolute Gasteiger partial charge is 0.489 e. The van der Waals surface area contributed by atoms with E-state index in [0.29, 0.717) is 17.9 Å². The number of likely N-dealkylation sites (tertiary alicyclic amines) is 1. The molecular weight excluding hydrogens is 452 g/mol. The average molecular weight is 479 g/mol. The van der Waals surface area contributed by atoms with Gasteiger partial charge in [-0.3, -0.25) is 19.8 Å². The first-order valence-electron chi connectivity index (χ1n) is 11.1. The second kappa shape index (κ2) is 10.4. The molecule has 2 atom stereocenters. The van der Waals surface area contributed by atoms with Crippen molar-refractivity contribution in [3.63, 3.8) is 0 Å². The van der Waals surface area contributed by atoms with Gasteiger partial charge in [-0.1, -0.05) is 18.2 Å². The van der Waals surface area contributed by atoms with E-state index in [4.69, 9.17) is 14.7 Å². The number of hydroxylamine groups is 1. The van der Waals surface area contributed by atoms with Crippen LogP contribution in [-0.4, -0.2) is 59.2 Å². The van der Waals surface area contributed by atoms with E-state index in [1.165, 1.54) is 12.0 Å². The Morgan fingerprint density at radius 1 is 1.11 bits per heavy atom. The van der Waals surface area contributed by atoms with E-state index in [0.717, 1.165) is 22.2 Å². The van der Waals surface area contributed by atoms with Crippen LogP contribution in [0.1, 0.15) is 21.6 Å². The number of carbonyl (C=O) groups is 3. The van der Waals surface area contributed by atoms with Gasteiger partial charge >= 0.3 is 6.09 Å². The summed E-state index contributed by atoms with van der Waals surface area (Å²) >= 11 is 0. The molecular formula is C25H26N4O6. The molecule has 1 aliphatic rings. The van der Waals surface area contributed by atoms with Crippen LogP contribution >= 0.6 is 0 Å². The molecule has 0 bridgehead atoms. The zero-order valence-electron chi connectivity index (χ0n) is 19.4. The Balaban J connectivity index is 1.41. The summed E-state index contributed by atoms with van der Waals surface area (Å²) in [6.07, 6.45) is -0.615. The molecule has 182 valence electrons. The van der Waals surface area contributed by atoms with Crippen molar-refractivity contribution < 1.29 is 29.1 Å². The van der Waals surface area contributed by atoms with Crippen LogP contribution in [0, 0.1) is 12.8 Å². The maximum Gasteiger partial charge on any atom is 0.409 e. The number of benzene rings is 2. The molecule has 1 aromatic heterocycles. The van der Waals surface area contributed by atoms with E-state index in [1.54, 1.807) is 29.7 Å². The molecule has 10 nitrogen and oxygen atoms in total. The number of nitrogens with zero attached hydrogens (tertiary/aromatic N) is 2. The van der Waals surface area contributed by atoms with Gasteiger partial charge in [-0.25, -0.2) is 10.3 Å². The molecule has 0 unspecified atom stereocenters. The van der Waals surface area contributed by atoms with Crippen LogP contribution in [0.2, 0.25) is 0 Å². The standard InChI is InChI=1S/C25H26N4O6/c1-15-11-17(19-5-3-4-6-21(19)26-15)14-35-18-9-7-16(8-10-18)23(30)27-22-13-29(25(32)34-2)12-20(22)24(31)28-33/h3-11,20,22,33H,12-14H2,1-2H3,(H,27,30)(H,28,31)/t20-,22+/m0/s1. The predicted octanol–water partition coefficient (Wildman–Crippen LogP) is 2.42. The van der Waals surface area contributed by atoms with Gasteiger partial charge < -0.3 is 19.7 Å². The lowest BCUT2D eigenvalue weighted by Crippen LogP contribution is -2.45. The minimum absolute atomic E-state index is 0.0138. The number of carbonyl (C=O) groups excluding carboxylic acids is 3. The van der Waals surface area contributed by atoms with E-state index in [2.05, 4.69) is 10.3 Å². The third-order valence-corrected chi connectivity index (χ3v) is 5.96. The highest BCUT2D eigenvalue weighted by Crippen LogP contribution is 2.22. The number of rotatable bonds is 6. The molecule has 2 aromatic carbocycles. The minimum Gasteiger partial charge on any atom is -0.489 e. The van der Waals surface area contributed by atoms with E-state index in [-0.39, 0.29) is 13.1 Å².